The van der Waals surface area contributed by atoms with E-state index in [4.69, 9.17) is 5.11 Å². The van der Waals surface area contributed by atoms with Gasteiger partial charge in [0.2, 0.25) is 9.84 Å². The Hall–Kier alpha value is -1.28. The van der Waals surface area contributed by atoms with E-state index in [2.05, 4.69) is 4.37 Å². The number of rotatable bonds is 3. The smallest absolute Gasteiger partial charge is 0.347 e. The second-order valence-corrected chi connectivity index (χ2v) is 6.47. The first-order valence-corrected chi connectivity index (χ1v) is 6.57. The number of carboxylic acids is 1. The zero-order chi connectivity index (χ0) is 12.5. The van der Waals surface area contributed by atoms with E-state index in [0.29, 0.717) is 11.5 Å². The molecule has 0 spiro atoms. The number of aromatic carboxylic acids is 1. The summed E-state index contributed by atoms with van der Waals surface area (Å²) in [5.74, 6) is -1.24. The van der Waals surface area contributed by atoms with Crippen molar-refractivity contribution in [2.75, 3.05) is 0 Å². The van der Waals surface area contributed by atoms with Gasteiger partial charge in [-0.2, -0.15) is 4.37 Å². The molecule has 0 atom stereocenters. The molecule has 1 rings (SSSR count). The van der Waals surface area contributed by atoms with Gasteiger partial charge >= 0.3 is 5.97 Å². The molecule has 0 saturated carbocycles. The summed E-state index contributed by atoms with van der Waals surface area (Å²) in [7, 11) is -3.93. The van der Waals surface area contributed by atoms with Gasteiger partial charge in [0.25, 0.3) is 5.12 Å². The minimum Gasteiger partial charge on any atom is -0.477 e. The third kappa shape index (κ3) is 2.27. The van der Waals surface area contributed by atoms with Crippen molar-refractivity contribution in [3.8, 4) is 0 Å². The van der Waals surface area contributed by atoms with Crippen molar-refractivity contribution in [1.29, 1.82) is 0 Å². The minimum atomic E-state index is -3.93. The van der Waals surface area contributed by atoms with Crippen LogP contribution in [0.4, 0.5) is 0 Å². The summed E-state index contributed by atoms with van der Waals surface area (Å²) in [6, 6.07) is 0.968. The van der Waals surface area contributed by atoms with Gasteiger partial charge in [-0.3, -0.25) is 4.79 Å². The Morgan fingerprint density at radius 1 is 1.44 bits per heavy atom. The van der Waals surface area contributed by atoms with Gasteiger partial charge in [0.05, 0.1) is 5.25 Å². The summed E-state index contributed by atoms with van der Waals surface area (Å²) in [6.45, 7) is 2.75. The average Bonchev–Trinajstić information content (AvgIpc) is 2.64. The van der Waals surface area contributed by atoms with Crippen molar-refractivity contribution in [3.63, 3.8) is 0 Å². The molecule has 0 bridgehead atoms. The topological polar surface area (TPSA) is 101 Å². The Labute approximate surface area is 96.0 Å². The van der Waals surface area contributed by atoms with Gasteiger partial charge in [0.1, 0.15) is 10.6 Å². The zero-order valence-electron chi connectivity index (χ0n) is 8.50. The molecule has 1 aromatic rings. The van der Waals surface area contributed by atoms with Crippen LogP contribution in [0.25, 0.3) is 0 Å². The second kappa shape index (κ2) is 4.30. The largest absolute Gasteiger partial charge is 0.477 e. The summed E-state index contributed by atoms with van der Waals surface area (Å²) in [6.07, 6.45) is 0. The van der Waals surface area contributed by atoms with Crippen LogP contribution in [-0.4, -0.2) is 34.2 Å². The molecule has 16 heavy (non-hydrogen) atoms. The highest BCUT2D eigenvalue weighted by atomic mass is 32.2. The quantitative estimate of drug-likeness (QED) is 0.865. The van der Waals surface area contributed by atoms with E-state index < -0.39 is 26.2 Å². The Morgan fingerprint density at radius 2 is 2.00 bits per heavy atom. The summed E-state index contributed by atoms with van der Waals surface area (Å²) in [5, 5.41) is 6.62. The maximum absolute atomic E-state index is 11.5. The Balaban J connectivity index is 3.12. The highest BCUT2D eigenvalue weighted by Gasteiger charge is 2.30. The molecule has 6 nitrogen and oxygen atoms in total. The van der Waals surface area contributed by atoms with E-state index in [1.807, 2.05) is 0 Å². The van der Waals surface area contributed by atoms with Crippen molar-refractivity contribution >= 4 is 32.5 Å². The lowest BCUT2D eigenvalue weighted by atomic mass is 10.4. The number of hydrogen-bond donors (Lipinski definition) is 1. The monoisotopic (exact) mass is 263 g/mol. The highest BCUT2D eigenvalue weighted by Crippen LogP contribution is 2.15. The van der Waals surface area contributed by atoms with E-state index in [-0.39, 0.29) is 10.6 Å². The van der Waals surface area contributed by atoms with Crippen molar-refractivity contribution in [1.82, 2.24) is 4.37 Å². The van der Waals surface area contributed by atoms with Crippen LogP contribution in [0.3, 0.4) is 0 Å². The minimum absolute atomic E-state index is 0.165. The lowest BCUT2D eigenvalue weighted by Crippen LogP contribution is -2.24. The molecule has 0 aromatic carbocycles. The molecule has 0 saturated heterocycles. The van der Waals surface area contributed by atoms with E-state index in [1.165, 1.54) is 13.8 Å². The maximum Gasteiger partial charge on any atom is 0.347 e. The van der Waals surface area contributed by atoms with Crippen LogP contribution in [0, 0.1) is 0 Å². The van der Waals surface area contributed by atoms with Crippen LogP contribution >= 0.6 is 11.5 Å². The van der Waals surface area contributed by atoms with Gasteiger partial charge in [-0.05, 0) is 31.4 Å². The molecule has 0 aliphatic carbocycles. The van der Waals surface area contributed by atoms with E-state index in [1.54, 1.807) is 0 Å². The molecule has 1 aromatic heterocycles. The summed E-state index contributed by atoms with van der Waals surface area (Å²) in [5.41, 5.74) is -0.337. The molecule has 88 valence electrons. The molecular weight excluding hydrogens is 254 g/mol. The SMILES string of the molecule is CC(C)S(=O)(=O)C(=O)c1cc(C(=O)O)sn1. The number of carboxylic acid groups (broad SMARTS) is 1. The first-order chi connectivity index (χ1) is 7.26. The molecule has 1 heterocycles. The fourth-order valence-electron chi connectivity index (χ4n) is 0.832. The third-order valence-electron chi connectivity index (χ3n) is 1.81. The van der Waals surface area contributed by atoms with Crippen LogP contribution in [0.1, 0.15) is 34.0 Å². The summed E-state index contributed by atoms with van der Waals surface area (Å²) < 4.78 is 26.5. The van der Waals surface area contributed by atoms with Crippen LogP contribution in [-0.2, 0) is 9.84 Å². The van der Waals surface area contributed by atoms with Crippen molar-refractivity contribution in [2.24, 2.45) is 0 Å². The van der Waals surface area contributed by atoms with Crippen molar-refractivity contribution in [2.45, 2.75) is 19.1 Å². The molecule has 8 heteroatoms. The van der Waals surface area contributed by atoms with Gasteiger partial charge in [-0.25, -0.2) is 13.2 Å². The molecule has 0 radical (unpaired) electrons. The second-order valence-electron chi connectivity index (χ2n) is 3.26. The van der Waals surface area contributed by atoms with Gasteiger partial charge in [-0.1, -0.05) is 0 Å². The molecule has 0 aliphatic heterocycles. The lowest BCUT2D eigenvalue weighted by Gasteiger charge is -2.03. The van der Waals surface area contributed by atoms with Crippen molar-refractivity contribution in [3.05, 3.63) is 16.6 Å². The predicted octanol–water partition coefficient (Wildman–Crippen LogP) is 0.805. The number of aromatic nitrogens is 1. The van der Waals surface area contributed by atoms with E-state index in [0.717, 1.165) is 6.07 Å². The highest BCUT2D eigenvalue weighted by molar-refractivity contribution is 8.07. The molecule has 0 unspecified atom stereocenters. The molecule has 0 fully saturated rings. The number of carbonyl (C=O) groups is 2. The van der Waals surface area contributed by atoms with Crippen LogP contribution < -0.4 is 0 Å². The molecule has 1 N–H and O–H groups in total. The Morgan fingerprint density at radius 3 is 2.38 bits per heavy atom. The normalized spacial score (nSPS) is 11.7. The molecular formula is C8H9NO5S2. The number of hydrogen-bond acceptors (Lipinski definition) is 6. The maximum atomic E-state index is 11.5. The number of nitrogens with zero attached hydrogens (tertiary/aromatic N) is 1. The predicted molar refractivity (Wildman–Crippen MR) is 57.5 cm³/mol. The molecule has 0 aliphatic rings. The lowest BCUT2D eigenvalue weighted by molar-refractivity contribution is 0.0702. The first-order valence-electron chi connectivity index (χ1n) is 4.25. The van der Waals surface area contributed by atoms with Crippen LogP contribution in [0.5, 0.6) is 0 Å². The standard InChI is InChI=1S/C8H9NO5S2/c1-4(2)16(13,14)8(12)5-3-6(7(10)11)15-9-5/h3-4H,1-2H3,(H,10,11). The first kappa shape index (κ1) is 12.8. The van der Waals surface area contributed by atoms with Gasteiger partial charge in [0, 0.05) is 0 Å². The summed E-state index contributed by atoms with van der Waals surface area (Å²) >= 11 is 0.579. The van der Waals surface area contributed by atoms with Gasteiger partial charge < -0.3 is 5.11 Å². The van der Waals surface area contributed by atoms with Gasteiger partial charge in [-0.15, -0.1) is 0 Å². The van der Waals surface area contributed by atoms with Gasteiger partial charge in [0.15, 0.2) is 0 Å². The Bertz CT molecular complexity index is 528. The fourth-order valence-corrected chi connectivity index (χ4v) is 2.29. The zero-order valence-corrected chi connectivity index (χ0v) is 10.1. The number of sulfone groups is 1. The van der Waals surface area contributed by atoms with Crippen LogP contribution in [0.15, 0.2) is 6.07 Å². The van der Waals surface area contributed by atoms with Crippen LogP contribution in [0.2, 0.25) is 0 Å². The summed E-state index contributed by atoms with van der Waals surface area (Å²) in [4.78, 5) is 21.9. The number of carbonyl (C=O) groups excluding carboxylic acids is 1. The third-order valence-corrected chi connectivity index (χ3v) is 4.55. The van der Waals surface area contributed by atoms with Crippen molar-refractivity contribution < 1.29 is 23.1 Å². The average molecular weight is 263 g/mol. The van der Waals surface area contributed by atoms with E-state index in [9.17, 15) is 18.0 Å². The van der Waals surface area contributed by atoms with E-state index >= 15 is 0 Å². The Kier molecular flexibility index (Phi) is 3.44. The molecule has 0 amide bonds. The fraction of sp³-hybridized carbons (Fsp3) is 0.375.